The second kappa shape index (κ2) is 9.80. The summed E-state index contributed by atoms with van der Waals surface area (Å²) in [5.41, 5.74) is 5.51. The van der Waals surface area contributed by atoms with Gasteiger partial charge in [-0.05, 0) is 75.1 Å². The molecule has 0 spiro atoms. The number of aryl methyl sites for hydroxylation is 3. The third-order valence-electron chi connectivity index (χ3n) is 5.17. The van der Waals surface area contributed by atoms with E-state index in [4.69, 9.17) is 4.74 Å². The van der Waals surface area contributed by atoms with Crippen LogP contribution < -0.4 is 10.1 Å². The van der Waals surface area contributed by atoms with E-state index < -0.39 is 0 Å². The highest BCUT2D eigenvalue weighted by atomic mass is 32.2. The fourth-order valence-electron chi connectivity index (χ4n) is 3.00. The molecule has 6 nitrogen and oxygen atoms in total. The third-order valence-corrected chi connectivity index (χ3v) is 6.13. The highest BCUT2D eigenvalue weighted by Gasteiger charge is 2.14. The fraction of sp³-hybridized carbons (Fsp3) is 0.348. The Labute approximate surface area is 182 Å². The van der Waals surface area contributed by atoms with Gasteiger partial charge in [-0.25, -0.2) is 0 Å². The predicted molar refractivity (Wildman–Crippen MR) is 121 cm³/mol. The van der Waals surface area contributed by atoms with Crippen molar-refractivity contribution in [2.45, 2.75) is 52.9 Å². The standard InChI is InChI=1S/C23H28N4O2S/c1-6-27-21(13-29-19-11-10-15(2)17(4)12-19)25-26-23(27)30-14-22(28)24-20-9-7-8-16(3)18(20)5/h7-12H,6,13-14H2,1-5H3,(H,24,28). The SMILES string of the molecule is CCn1c(COc2ccc(C)c(C)c2)nnc1SCC(=O)Nc1cccc(C)c1C. The van der Waals surface area contributed by atoms with E-state index in [1.165, 1.54) is 22.9 Å². The molecule has 0 aliphatic carbocycles. The van der Waals surface area contributed by atoms with Crippen molar-refractivity contribution in [1.29, 1.82) is 0 Å². The van der Waals surface area contributed by atoms with E-state index in [2.05, 4.69) is 29.4 Å². The predicted octanol–water partition coefficient (Wildman–Crippen LogP) is 4.84. The number of nitrogens with one attached hydrogen (secondary N) is 1. The third kappa shape index (κ3) is 5.21. The van der Waals surface area contributed by atoms with Gasteiger partial charge in [-0.1, -0.05) is 30.0 Å². The van der Waals surface area contributed by atoms with Crippen LogP contribution in [-0.4, -0.2) is 26.4 Å². The van der Waals surface area contributed by atoms with Crippen LogP contribution in [-0.2, 0) is 17.9 Å². The van der Waals surface area contributed by atoms with Crippen LogP contribution in [0.1, 0.15) is 35.0 Å². The van der Waals surface area contributed by atoms with Crippen LogP contribution in [0.15, 0.2) is 41.6 Å². The molecule has 30 heavy (non-hydrogen) atoms. The monoisotopic (exact) mass is 424 g/mol. The van der Waals surface area contributed by atoms with Crippen molar-refractivity contribution in [2.75, 3.05) is 11.1 Å². The van der Waals surface area contributed by atoms with Crippen molar-refractivity contribution in [2.24, 2.45) is 0 Å². The summed E-state index contributed by atoms with van der Waals surface area (Å²) in [6.07, 6.45) is 0. The molecule has 3 aromatic rings. The molecule has 0 aliphatic heterocycles. The number of nitrogens with zero attached hydrogens (tertiary/aromatic N) is 3. The van der Waals surface area contributed by atoms with Crippen LogP contribution in [0.3, 0.4) is 0 Å². The van der Waals surface area contributed by atoms with E-state index >= 15 is 0 Å². The molecule has 2 aromatic carbocycles. The Morgan fingerprint density at radius 1 is 1.07 bits per heavy atom. The zero-order valence-corrected chi connectivity index (χ0v) is 19.0. The van der Waals surface area contributed by atoms with Crippen LogP contribution in [0.4, 0.5) is 5.69 Å². The lowest BCUT2D eigenvalue weighted by Crippen LogP contribution is -2.16. The topological polar surface area (TPSA) is 69.0 Å². The minimum absolute atomic E-state index is 0.0627. The molecule has 1 aromatic heterocycles. The average molecular weight is 425 g/mol. The molecule has 1 amide bonds. The zero-order chi connectivity index (χ0) is 21.7. The number of hydrogen-bond acceptors (Lipinski definition) is 5. The van der Waals surface area contributed by atoms with Crippen LogP contribution >= 0.6 is 11.8 Å². The molecule has 7 heteroatoms. The maximum atomic E-state index is 12.4. The van der Waals surface area contributed by atoms with Crippen LogP contribution in [0, 0.1) is 27.7 Å². The van der Waals surface area contributed by atoms with Gasteiger partial charge < -0.3 is 14.6 Å². The van der Waals surface area contributed by atoms with Gasteiger partial charge in [0.2, 0.25) is 5.91 Å². The normalized spacial score (nSPS) is 10.8. The van der Waals surface area contributed by atoms with Crippen LogP contribution in [0.5, 0.6) is 5.75 Å². The molecule has 0 bridgehead atoms. The summed E-state index contributed by atoms with van der Waals surface area (Å²) in [4.78, 5) is 12.4. The van der Waals surface area contributed by atoms with Gasteiger partial charge in [-0.2, -0.15) is 0 Å². The van der Waals surface area contributed by atoms with Gasteiger partial charge in [0.25, 0.3) is 0 Å². The average Bonchev–Trinajstić information content (AvgIpc) is 3.12. The Hall–Kier alpha value is -2.80. The van der Waals surface area contributed by atoms with Crippen LogP contribution in [0.25, 0.3) is 0 Å². The number of hydrogen-bond donors (Lipinski definition) is 1. The van der Waals surface area contributed by atoms with Gasteiger partial charge in [0, 0.05) is 12.2 Å². The maximum Gasteiger partial charge on any atom is 0.234 e. The molecule has 0 saturated heterocycles. The summed E-state index contributed by atoms with van der Waals surface area (Å²) in [7, 11) is 0. The van der Waals surface area contributed by atoms with Gasteiger partial charge in [-0.3, -0.25) is 4.79 Å². The zero-order valence-electron chi connectivity index (χ0n) is 18.2. The highest BCUT2D eigenvalue weighted by molar-refractivity contribution is 7.99. The molecule has 1 heterocycles. The number of rotatable bonds is 8. The summed E-state index contributed by atoms with van der Waals surface area (Å²) in [5, 5.41) is 12.2. The molecule has 3 rings (SSSR count). The van der Waals surface area contributed by atoms with Crippen molar-refractivity contribution in [3.63, 3.8) is 0 Å². The number of ether oxygens (including phenoxy) is 1. The van der Waals surface area contributed by atoms with E-state index in [-0.39, 0.29) is 11.7 Å². The van der Waals surface area contributed by atoms with Crippen molar-refractivity contribution >= 4 is 23.4 Å². The lowest BCUT2D eigenvalue weighted by atomic mass is 10.1. The number of aromatic nitrogens is 3. The van der Waals surface area contributed by atoms with Crippen molar-refractivity contribution in [3.8, 4) is 5.75 Å². The summed E-state index contributed by atoms with van der Waals surface area (Å²) in [6.45, 7) is 11.3. The molecule has 158 valence electrons. The smallest absolute Gasteiger partial charge is 0.234 e. The van der Waals surface area contributed by atoms with Gasteiger partial charge in [-0.15, -0.1) is 10.2 Å². The number of carbonyl (C=O) groups excluding carboxylic acids is 1. The molecule has 0 radical (unpaired) electrons. The van der Waals surface area contributed by atoms with E-state index in [1.807, 2.05) is 61.7 Å². The van der Waals surface area contributed by atoms with E-state index in [9.17, 15) is 4.79 Å². The minimum atomic E-state index is -0.0627. The maximum absolute atomic E-state index is 12.4. The minimum Gasteiger partial charge on any atom is -0.486 e. The van der Waals surface area contributed by atoms with E-state index in [0.717, 1.165) is 28.4 Å². The first-order valence-electron chi connectivity index (χ1n) is 10.00. The molecule has 0 atom stereocenters. The summed E-state index contributed by atoms with van der Waals surface area (Å²) < 4.78 is 7.88. The Morgan fingerprint density at radius 2 is 1.87 bits per heavy atom. The van der Waals surface area contributed by atoms with Crippen LogP contribution in [0.2, 0.25) is 0 Å². The Morgan fingerprint density at radius 3 is 2.60 bits per heavy atom. The Kier molecular flexibility index (Phi) is 7.15. The van der Waals surface area contributed by atoms with Crippen molar-refractivity contribution in [3.05, 3.63) is 64.5 Å². The summed E-state index contributed by atoms with van der Waals surface area (Å²) in [5.74, 6) is 1.76. The van der Waals surface area contributed by atoms with Gasteiger partial charge in [0.1, 0.15) is 12.4 Å². The van der Waals surface area contributed by atoms with Gasteiger partial charge in [0.15, 0.2) is 11.0 Å². The van der Waals surface area contributed by atoms with Gasteiger partial charge in [0.05, 0.1) is 5.75 Å². The Balaban J connectivity index is 1.60. The molecule has 0 unspecified atom stereocenters. The molecule has 1 N–H and O–H groups in total. The van der Waals surface area contributed by atoms with Crippen molar-refractivity contribution < 1.29 is 9.53 Å². The molecule has 0 saturated carbocycles. The second-order valence-electron chi connectivity index (χ2n) is 7.26. The van der Waals surface area contributed by atoms with Crippen molar-refractivity contribution in [1.82, 2.24) is 14.8 Å². The first-order valence-corrected chi connectivity index (χ1v) is 11.0. The number of carbonyl (C=O) groups is 1. The number of benzene rings is 2. The fourth-order valence-corrected chi connectivity index (χ4v) is 3.83. The lowest BCUT2D eigenvalue weighted by molar-refractivity contribution is -0.113. The molecular formula is C23H28N4O2S. The highest BCUT2D eigenvalue weighted by Crippen LogP contribution is 2.22. The molecule has 0 aliphatic rings. The quantitative estimate of drug-likeness (QED) is 0.524. The molecular weight excluding hydrogens is 396 g/mol. The lowest BCUT2D eigenvalue weighted by Gasteiger charge is -2.11. The number of thioether (sulfide) groups is 1. The second-order valence-corrected chi connectivity index (χ2v) is 8.20. The van der Waals surface area contributed by atoms with E-state index in [1.54, 1.807) is 0 Å². The first kappa shape index (κ1) is 21.9. The van der Waals surface area contributed by atoms with Gasteiger partial charge >= 0.3 is 0 Å². The summed E-state index contributed by atoms with van der Waals surface area (Å²) in [6, 6.07) is 11.9. The summed E-state index contributed by atoms with van der Waals surface area (Å²) >= 11 is 1.38. The largest absolute Gasteiger partial charge is 0.486 e. The van der Waals surface area contributed by atoms with E-state index in [0.29, 0.717) is 18.3 Å². The number of anilines is 1. The Bertz CT molecular complexity index is 1050. The first-order chi connectivity index (χ1) is 14.4. The molecule has 0 fully saturated rings. The number of amides is 1.